The lowest BCUT2D eigenvalue weighted by Gasteiger charge is -2.12. The quantitative estimate of drug-likeness (QED) is 0.127. The van der Waals surface area contributed by atoms with E-state index in [0.717, 1.165) is 17.7 Å². The molecule has 4 aromatic carbocycles. The van der Waals surface area contributed by atoms with Crippen LogP contribution >= 0.6 is 0 Å². The van der Waals surface area contributed by atoms with Gasteiger partial charge in [-0.25, -0.2) is 4.39 Å². The molecule has 0 spiro atoms. The zero-order chi connectivity index (χ0) is 26.9. The fraction of sp³-hybridized carbons (Fsp3) is 0.107. The molecule has 0 aliphatic rings. The Morgan fingerprint density at radius 1 is 0.921 bits per heavy atom. The largest absolute Gasteiger partial charge is 0.489 e. The van der Waals surface area contributed by atoms with Gasteiger partial charge in [0.15, 0.2) is 0 Å². The maximum absolute atomic E-state index is 14.3. The molecule has 0 saturated heterocycles. The van der Waals surface area contributed by atoms with E-state index >= 15 is 0 Å². The van der Waals surface area contributed by atoms with Crippen LogP contribution in [0.2, 0.25) is 0 Å². The van der Waals surface area contributed by atoms with Crippen LogP contribution in [-0.4, -0.2) is 14.7 Å². The molecule has 0 amide bonds. The molecule has 0 saturated carbocycles. The van der Waals surface area contributed by atoms with Gasteiger partial charge in [-0.15, -0.1) is 0 Å². The van der Waals surface area contributed by atoms with Gasteiger partial charge in [0.05, 0.1) is 22.7 Å². The molecule has 0 atom stereocenters. The normalized spacial score (nSPS) is 11.6. The summed E-state index contributed by atoms with van der Waals surface area (Å²) in [6.45, 7) is -0.191. The zero-order valence-electron chi connectivity index (χ0n) is 19.7. The number of hydrogen-bond donors (Lipinski definition) is 0. The lowest BCUT2D eigenvalue weighted by atomic mass is 10.0. The molecular formula is C28H19F4N3O3. The van der Waals surface area contributed by atoms with E-state index in [1.54, 1.807) is 30.3 Å². The first-order chi connectivity index (χ1) is 18.2. The topological polar surface area (TPSA) is 70.2 Å². The predicted molar refractivity (Wildman–Crippen MR) is 133 cm³/mol. The third kappa shape index (κ3) is 4.93. The zero-order valence-corrected chi connectivity index (χ0v) is 19.7. The Bertz CT molecular complexity index is 1630. The van der Waals surface area contributed by atoms with E-state index < -0.39 is 34.8 Å². The Balaban J connectivity index is 1.57. The van der Waals surface area contributed by atoms with Gasteiger partial charge in [0.2, 0.25) is 0 Å². The van der Waals surface area contributed by atoms with Gasteiger partial charge in [0, 0.05) is 17.0 Å². The predicted octanol–water partition coefficient (Wildman–Crippen LogP) is 7.40. The van der Waals surface area contributed by atoms with E-state index in [-0.39, 0.29) is 23.4 Å². The van der Waals surface area contributed by atoms with Crippen molar-refractivity contribution in [3.8, 4) is 17.0 Å². The molecule has 1 heterocycles. The van der Waals surface area contributed by atoms with Gasteiger partial charge in [-0.1, -0.05) is 60.7 Å². The molecule has 0 aliphatic carbocycles. The average molecular weight is 521 g/mol. The number of halogens is 4. The van der Waals surface area contributed by atoms with E-state index in [0.29, 0.717) is 16.6 Å². The van der Waals surface area contributed by atoms with Crippen LogP contribution in [0.4, 0.5) is 23.2 Å². The molecular weight excluding hydrogens is 502 g/mol. The van der Waals surface area contributed by atoms with Crippen molar-refractivity contribution in [2.24, 2.45) is 0 Å². The molecule has 1 aromatic heterocycles. The molecule has 0 fully saturated rings. The minimum Gasteiger partial charge on any atom is -0.489 e. The van der Waals surface area contributed by atoms with Crippen molar-refractivity contribution in [3.63, 3.8) is 0 Å². The van der Waals surface area contributed by atoms with Crippen molar-refractivity contribution in [2.75, 3.05) is 0 Å². The van der Waals surface area contributed by atoms with E-state index in [4.69, 9.17) is 4.74 Å². The van der Waals surface area contributed by atoms with Crippen LogP contribution in [-0.2, 0) is 19.3 Å². The number of alkyl halides is 3. The van der Waals surface area contributed by atoms with Crippen LogP contribution in [0.25, 0.3) is 22.2 Å². The molecule has 5 aromatic rings. The molecule has 0 unspecified atom stereocenters. The van der Waals surface area contributed by atoms with E-state index in [2.05, 4.69) is 5.10 Å². The summed E-state index contributed by atoms with van der Waals surface area (Å²) < 4.78 is 62.9. The second-order valence-electron chi connectivity index (χ2n) is 8.50. The molecule has 192 valence electrons. The lowest BCUT2D eigenvalue weighted by Crippen LogP contribution is -2.06. The number of fused-ring (bicyclic) bond motifs is 1. The standard InChI is InChI=1S/C28H19F4N3O3/c29-24-13-6-14-25(35(36)37)22(24)17-38-20-10-4-9-19(15-20)27-21-11-5-12-23(28(30,31)32)26(21)33-34(27)16-18-7-2-1-3-8-18/h1-15H,16-17H2. The SMILES string of the molecule is O=[N+]([O-])c1cccc(F)c1COc1cccc(-c2c3cccc(C(F)(F)F)c3nn2Cc2ccccc2)c1. The number of aromatic nitrogens is 2. The summed E-state index contributed by atoms with van der Waals surface area (Å²) in [6, 6.07) is 23.1. The Morgan fingerprint density at radius 3 is 2.39 bits per heavy atom. The van der Waals surface area contributed by atoms with Crippen LogP contribution in [0.15, 0.2) is 91.0 Å². The number of ether oxygens (including phenoxy) is 1. The van der Waals surface area contributed by atoms with Crippen molar-refractivity contribution in [1.82, 2.24) is 9.78 Å². The molecule has 38 heavy (non-hydrogen) atoms. The summed E-state index contributed by atoms with van der Waals surface area (Å²) in [7, 11) is 0. The first-order valence-electron chi connectivity index (χ1n) is 11.5. The van der Waals surface area contributed by atoms with Crippen molar-refractivity contribution < 1.29 is 27.2 Å². The summed E-state index contributed by atoms with van der Waals surface area (Å²) >= 11 is 0. The fourth-order valence-corrected chi connectivity index (χ4v) is 4.31. The summed E-state index contributed by atoms with van der Waals surface area (Å²) in [5, 5.41) is 15.9. The molecule has 6 nitrogen and oxygen atoms in total. The Labute approximate surface area is 213 Å². The van der Waals surface area contributed by atoms with Crippen molar-refractivity contribution in [1.29, 1.82) is 0 Å². The molecule has 0 radical (unpaired) electrons. The van der Waals surface area contributed by atoms with Crippen LogP contribution in [0.5, 0.6) is 5.75 Å². The van der Waals surface area contributed by atoms with Crippen molar-refractivity contribution in [3.05, 3.63) is 124 Å². The van der Waals surface area contributed by atoms with Crippen LogP contribution in [0.3, 0.4) is 0 Å². The van der Waals surface area contributed by atoms with E-state index in [9.17, 15) is 27.7 Å². The van der Waals surface area contributed by atoms with Gasteiger partial charge in [0.25, 0.3) is 5.69 Å². The minimum absolute atomic E-state index is 0.181. The number of hydrogen-bond acceptors (Lipinski definition) is 4. The Morgan fingerprint density at radius 2 is 1.66 bits per heavy atom. The number of nitrogens with zero attached hydrogens (tertiary/aromatic N) is 3. The number of benzene rings is 4. The lowest BCUT2D eigenvalue weighted by molar-refractivity contribution is -0.386. The molecule has 5 rings (SSSR count). The number of nitro benzene ring substituents is 1. The van der Waals surface area contributed by atoms with Crippen LogP contribution < -0.4 is 4.74 Å². The van der Waals surface area contributed by atoms with Crippen LogP contribution in [0, 0.1) is 15.9 Å². The highest BCUT2D eigenvalue weighted by Crippen LogP contribution is 2.39. The number of nitro groups is 1. The smallest absolute Gasteiger partial charge is 0.418 e. The first-order valence-corrected chi connectivity index (χ1v) is 11.5. The second kappa shape index (κ2) is 9.97. The van der Waals surface area contributed by atoms with Gasteiger partial charge < -0.3 is 4.74 Å². The van der Waals surface area contributed by atoms with Gasteiger partial charge >= 0.3 is 6.18 Å². The van der Waals surface area contributed by atoms with Gasteiger partial charge in [-0.3, -0.25) is 14.8 Å². The Hall–Kier alpha value is -4.73. The first kappa shape index (κ1) is 24.9. The second-order valence-corrected chi connectivity index (χ2v) is 8.50. The minimum atomic E-state index is -4.60. The third-order valence-corrected chi connectivity index (χ3v) is 6.03. The molecule has 0 aliphatic heterocycles. The van der Waals surface area contributed by atoms with Gasteiger partial charge in [0.1, 0.15) is 29.3 Å². The maximum Gasteiger partial charge on any atom is 0.418 e. The molecule has 0 bridgehead atoms. The summed E-state index contributed by atoms with van der Waals surface area (Å²) in [6.07, 6.45) is -4.60. The van der Waals surface area contributed by atoms with Crippen LogP contribution in [0.1, 0.15) is 16.7 Å². The van der Waals surface area contributed by atoms with Gasteiger partial charge in [-0.2, -0.15) is 18.3 Å². The highest BCUT2D eigenvalue weighted by Gasteiger charge is 2.34. The van der Waals surface area contributed by atoms with Crippen molar-refractivity contribution >= 4 is 16.6 Å². The molecule has 10 heteroatoms. The highest BCUT2D eigenvalue weighted by molar-refractivity contribution is 5.95. The average Bonchev–Trinajstić information content (AvgIpc) is 3.25. The summed E-state index contributed by atoms with van der Waals surface area (Å²) in [5.41, 5.74) is 0.154. The number of rotatable bonds is 7. The summed E-state index contributed by atoms with van der Waals surface area (Å²) in [4.78, 5) is 10.6. The van der Waals surface area contributed by atoms with Crippen molar-refractivity contribution in [2.45, 2.75) is 19.3 Å². The Kier molecular flexibility index (Phi) is 6.54. The highest BCUT2D eigenvalue weighted by atomic mass is 19.4. The third-order valence-electron chi connectivity index (χ3n) is 6.03. The van der Waals surface area contributed by atoms with E-state index in [1.807, 2.05) is 30.3 Å². The molecule has 0 N–H and O–H groups in total. The fourth-order valence-electron chi connectivity index (χ4n) is 4.31. The van der Waals surface area contributed by atoms with E-state index in [1.165, 1.54) is 22.9 Å². The monoisotopic (exact) mass is 521 g/mol. The van der Waals surface area contributed by atoms with Gasteiger partial charge in [-0.05, 0) is 29.8 Å². The summed E-state index contributed by atoms with van der Waals surface area (Å²) in [5.74, 6) is -0.519. The maximum atomic E-state index is 14.3.